The first-order valence-electron chi connectivity index (χ1n) is 23.6. The van der Waals surface area contributed by atoms with Gasteiger partial charge >= 0.3 is 0 Å². The van der Waals surface area contributed by atoms with Gasteiger partial charge in [0.15, 0.2) is 0 Å². The van der Waals surface area contributed by atoms with E-state index in [0.29, 0.717) is 0 Å². The van der Waals surface area contributed by atoms with Gasteiger partial charge in [0.2, 0.25) is 0 Å². The number of fused-ring (bicyclic) bond motifs is 6. The van der Waals surface area contributed by atoms with Crippen LogP contribution >= 0.6 is 0 Å². The number of nitrogens with zero attached hydrogens (tertiary/aromatic N) is 2. The molecule has 0 aliphatic carbocycles. The maximum absolute atomic E-state index is 6.21. The minimum atomic E-state index is 0.906. The Morgan fingerprint density at radius 1 is 0.261 bits per heavy atom. The van der Waals surface area contributed by atoms with E-state index in [0.717, 1.165) is 72.5 Å². The molecule has 0 saturated carbocycles. The second kappa shape index (κ2) is 16.9. The Labute approximate surface area is 401 Å². The van der Waals surface area contributed by atoms with Gasteiger partial charge in [-0.1, -0.05) is 188 Å². The Kier molecular flexibility index (Phi) is 9.84. The molecule has 13 aromatic rings. The summed E-state index contributed by atoms with van der Waals surface area (Å²) in [5.41, 5.74) is 20.3. The van der Waals surface area contributed by atoms with E-state index in [1.807, 2.05) is 12.1 Å². The van der Waals surface area contributed by atoms with Crippen molar-refractivity contribution in [3.63, 3.8) is 0 Å². The molecule has 3 heteroatoms. The summed E-state index contributed by atoms with van der Waals surface area (Å²) in [6.07, 6.45) is 0. The number of anilines is 3. The van der Waals surface area contributed by atoms with Crippen LogP contribution in [-0.2, 0) is 0 Å². The van der Waals surface area contributed by atoms with Crippen LogP contribution in [0.15, 0.2) is 271 Å². The van der Waals surface area contributed by atoms with Crippen molar-refractivity contribution < 1.29 is 4.42 Å². The number of benzene rings is 11. The zero-order valence-corrected chi connectivity index (χ0v) is 37.7. The van der Waals surface area contributed by atoms with Crippen LogP contribution < -0.4 is 4.90 Å². The lowest BCUT2D eigenvalue weighted by atomic mass is 9.98. The first-order chi connectivity index (χ1) is 34.2. The fourth-order valence-corrected chi connectivity index (χ4v) is 10.2. The van der Waals surface area contributed by atoms with Gasteiger partial charge in [0.05, 0.1) is 16.7 Å². The second-order valence-corrected chi connectivity index (χ2v) is 17.7. The molecule has 0 spiro atoms. The van der Waals surface area contributed by atoms with Gasteiger partial charge in [0.25, 0.3) is 0 Å². The topological polar surface area (TPSA) is 21.3 Å². The normalized spacial score (nSPS) is 11.5. The molecule has 3 nitrogen and oxygen atoms in total. The highest BCUT2D eigenvalue weighted by Gasteiger charge is 2.18. The Morgan fingerprint density at radius 2 is 0.667 bits per heavy atom. The van der Waals surface area contributed by atoms with Gasteiger partial charge in [-0.05, 0) is 129 Å². The van der Waals surface area contributed by atoms with Crippen molar-refractivity contribution in [1.82, 2.24) is 4.57 Å². The monoisotopic (exact) mass is 880 g/mol. The van der Waals surface area contributed by atoms with Crippen molar-refractivity contribution in [3.8, 4) is 61.3 Å². The predicted molar refractivity (Wildman–Crippen MR) is 290 cm³/mol. The lowest BCUT2D eigenvalue weighted by Gasteiger charge is -2.26. The van der Waals surface area contributed by atoms with Crippen LogP contribution in [0.5, 0.6) is 0 Å². The first-order valence-corrected chi connectivity index (χ1v) is 23.6. The molecular weight excluding hydrogens is 837 g/mol. The Bertz CT molecular complexity index is 3920. The van der Waals surface area contributed by atoms with Crippen LogP contribution in [-0.4, -0.2) is 4.57 Å². The van der Waals surface area contributed by atoms with Crippen LogP contribution in [0.3, 0.4) is 0 Å². The highest BCUT2D eigenvalue weighted by atomic mass is 16.3. The van der Waals surface area contributed by atoms with Gasteiger partial charge in [0, 0.05) is 44.2 Å². The molecule has 324 valence electrons. The molecule has 0 radical (unpaired) electrons. The van der Waals surface area contributed by atoms with E-state index in [1.165, 1.54) is 49.6 Å². The van der Waals surface area contributed by atoms with Crippen molar-refractivity contribution in [3.05, 3.63) is 267 Å². The van der Waals surface area contributed by atoms with E-state index >= 15 is 0 Å². The minimum Gasteiger partial charge on any atom is -0.456 e. The number of para-hydroxylation sites is 4. The number of aromatic nitrogens is 1. The van der Waals surface area contributed by atoms with Gasteiger partial charge < -0.3 is 13.9 Å². The molecule has 0 atom stereocenters. The summed E-state index contributed by atoms with van der Waals surface area (Å²) in [6, 6.07) is 96.1. The molecule has 2 heterocycles. The van der Waals surface area contributed by atoms with E-state index in [4.69, 9.17) is 4.42 Å². The molecule has 0 bridgehead atoms. The van der Waals surface area contributed by atoms with Crippen molar-refractivity contribution in [2.75, 3.05) is 4.90 Å². The molecule has 0 N–H and O–H groups in total. The summed E-state index contributed by atoms with van der Waals surface area (Å²) in [6.45, 7) is 0. The number of furan rings is 1. The molecule has 0 saturated heterocycles. The van der Waals surface area contributed by atoms with E-state index in [1.54, 1.807) is 0 Å². The molecular formula is C66H44N2O. The Balaban J connectivity index is 0.848. The van der Waals surface area contributed by atoms with Crippen LogP contribution in [0.25, 0.3) is 105 Å². The molecule has 2 aromatic heterocycles. The average Bonchev–Trinajstić information content (AvgIpc) is 3.97. The number of rotatable bonds is 9. The standard InChI is InChI=1S/C66H44N2O/c1-2-13-45(14-3-1)51-15-12-16-52(43-51)49-31-38-55(39-32-49)67(54-36-29-47(30-37-54)46-25-27-48(28-26-46)53-35-42-61-60-20-7-11-24-65(60)69-66(61)44-53)56-40-33-50(34-41-56)57-17-4-8-21-62(57)68-63-22-9-5-18-58(63)59-19-6-10-23-64(59)68/h1-44H. The average molecular weight is 881 g/mol. The van der Waals surface area contributed by atoms with Crippen molar-refractivity contribution in [2.45, 2.75) is 0 Å². The van der Waals surface area contributed by atoms with E-state index in [2.05, 4.69) is 264 Å². The van der Waals surface area contributed by atoms with Crippen LogP contribution in [0.1, 0.15) is 0 Å². The summed E-state index contributed by atoms with van der Waals surface area (Å²) in [4.78, 5) is 2.36. The van der Waals surface area contributed by atoms with Gasteiger partial charge in [-0.15, -0.1) is 0 Å². The Hall–Kier alpha value is -9.18. The lowest BCUT2D eigenvalue weighted by molar-refractivity contribution is 0.669. The fraction of sp³-hybridized carbons (Fsp3) is 0. The van der Waals surface area contributed by atoms with Gasteiger partial charge in [-0.2, -0.15) is 0 Å². The largest absolute Gasteiger partial charge is 0.456 e. The van der Waals surface area contributed by atoms with E-state index in [-0.39, 0.29) is 0 Å². The molecule has 13 rings (SSSR count). The zero-order chi connectivity index (χ0) is 45.7. The highest BCUT2D eigenvalue weighted by Crippen LogP contribution is 2.41. The van der Waals surface area contributed by atoms with Gasteiger partial charge in [0.1, 0.15) is 11.2 Å². The van der Waals surface area contributed by atoms with Gasteiger partial charge in [-0.3, -0.25) is 0 Å². The highest BCUT2D eigenvalue weighted by molar-refractivity contribution is 6.10. The molecule has 0 amide bonds. The molecule has 0 fully saturated rings. The van der Waals surface area contributed by atoms with Crippen molar-refractivity contribution in [2.24, 2.45) is 0 Å². The third-order valence-electron chi connectivity index (χ3n) is 13.6. The lowest BCUT2D eigenvalue weighted by Crippen LogP contribution is -2.09. The first kappa shape index (κ1) is 40.1. The summed E-state index contributed by atoms with van der Waals surface area (Å²) in [5.74, 6) is 0. The van der Waals surface area contributed by atoms with Crippen molar-refractivity contribution in [1.29, 1.82) is 0 Å². The fourth-order valence-electron chi connectivity index (χ4n) is 10.2. The quantitative estimate of drug-likeness (QED) is 0.144. The zero-order valence-electron chi connectivity index (χ0n) is 37.7. The Morgan fingerprint density at radius 3 is 1.28 bits per heavy atom. The number of hydrogen-bond acceptors (Lipinski definition) is 2. The van der Waals surface area contributed by atoms with Gasteiger partial charge in [-0.25, -0.2) is 0 Å². The smallest absolute Gasteiger partial charge is 0.136 e. The third kappa shape index (κ3) is 7.25. The third-order valence-corrected chi connectivity index (χ3v) is 13.6. The van der Waals surface area contributed by atoms with E-state index in [9.17, 15) is 0 Å². The summed E-state index contributed by atoms with van der Waals surface area (Å²) >= 11 is 0. The summed E-state index contributed by atoms with van der Waals surface area (Å²) in [7, 11) is 0. The molecule has 0 unspecified atom stereocenters. The maximum Gasteiger partial charge on any atom is 0.136 e. The van der Waals surface area contributed by atoms with Crippen molar-refractivity contribution >= 4 is 60.8 Å². The minimum absolute atomic E-state index is 0.906. The maximum atomic E-state index is 6.21. The SMILES string of the molecule is c1ccc(-c2cccc(-c3ccc(N(c4ccc(-c5ccc(-c6ccc7c(c6)oc6ccccc67)cc5)cc4)c4ccc(-c5ccccc5-n5c6ccccc6c6ccccc65)cc4)cc3)c2)cc1. The molecule has 0 aliphatic rings. The van der Waals surface area contributed by atoms with E-state index < -0.39 is 0 Å². The number of hydrogen-bond donors (Lipinski definition) is 0. The summed E-state index contributed by atoms with van der Waals surface area (Å²) < 4.78 is 8.62. The summed E-state index contributed by atoms with van der Waals surface area (Å²) in [5, 5.41) is 4.79. The van der Waals surface area contributed by atoms with Crippen LogP contribution in [0.4, 0.5) is 17.1 Å². The van der Waals surface area contributed by atoms with Crippen LogP contribution in [0, 0.1) is 0 Å². The van der Waals surface area contributed by atoms with Crippen LogP contribution in [0.2, 0.25) is 0 Å². The molecule has 0 aliphatic heterocycles. The predicted octanol–water partition coefficient (Wildman–Crippen LogP) is 18.5. The molecule has 69 heavy (non-hydrogen) atoms. The molecule has 11 aromatic carbocycles. The second-order valence-electron chi connectivity index (χ2n) is 17.7.